The van der Waals surface area contributed by atoms with Crippen molar-refractivity contribution >= 4 is 143 Å². The van der Waals surface area contributed by atoms with E-state index in [4.69, 9.17) is 8.83 Å². The zero-order valence-corrected chi connectivity index (χ0v) is 46.5. The monoisotopic (exact) mass is 1100 g/mol. The van der Waals surface area contributed by atoms with Crippen LogP contribution in [0.5, 0.6) is 0 Å². The molecule has 0 unspecified atom stereocenters. The van der Waals surface area contributed by atoms with Crippen molar-refractivity contribution in [3.63, 3.8) is 0 Å². The summed E-state index contributed by atoms with van der Waals surface area (Å²) in [6, 6.07) is 109. The standard InChI is InChI=1S/C80H50N4O2/c1-5-22-52(23-6-1)81(57-41-43-64-62-32-17-19-38-71(62)84(74(64)49-57)55-28-11-4-12-29-55)58-48-70-69-46-51(59-36-21-37-67-77-65-34-15-13-30-60(65)61-31-14-16-35-66(61)80(77)86-78(59)67)40-45-76(69)85-79(70)75(50-58)82(53-24-7-2-8-25-53)56-42-44-73-68(47-56)63-33-18-20-39-72(63)83(73)54-26-9-3-10-27-54/h1-50H. The number of furan rings is 2. The van der Waals surface area contributed by atoms with Crippen LogP contribution in [0.3, 0.4) is 0 Å². The quantitative estimate of drug-likeness (QED) is 0.135. The van der Waals surface area contributed by atoms with E-state index in [0.717, 1.165) is 133 Å². The molecule has 6 heteroatoms. The smallest absolute Gasteiger partial charge is 0.159 e. The molecule has 4 heterocycles. The molecule has 14 aromatic carbocycles. The molecule has 86 heavy (non-hydrogen) atoms. The average Bonchev–Trinajstić information content (AvgIpc) is 1.70. The third kappa shape index (κ3) is 7.26. The lowest BCUT2D eigenvalue weighted by Gasteiger charge is -2.30. The highest BCUT2D eigenvalue weighted by Crippen LogP contribution is 2.50. The molecular formula is C80H50N4O2. The van der Waals surface area contributed by atoms with E-state index in [2.05, 4.69) is 322 Å². The number of hydrogen-bond donors (Lipinski definition) is 0. The van der Waals surface area contributed by atoms with Crippen molar-refractivity contribution in [1.29, 1.82) is 0 Å². The van der Waals surface area contributed by atoms with Crippen molar-refractivity contribution < 1.29 is 8.83 Å². The van der Waals surface area contributed by atoms with E-state index >= 15 is 0 Å². The predicted octanol–water partition coefficient (Wildman–Crippen LogP) is 22.6. The van der Waals surface area contributed by atoms with Gasteiger partial charge in [0.15, 0.2) is 5.58 Å². The lowest BCUT2D eigenvalue weighted by molar-refractivity contribution is 0.669. The number of hydrogen-bond acceptors (Lipinski definition) is 4. The second kappa shape index (κ2) is 19.0. The van der Waals surface area contributed by atoms with E-state index in [1.807, 2.05) is 0 Å². The van der Waals surface area contributed by atoms with Crippen molar-refractivity contribution in [2.24, 2.45) is 0 Å². The molecule has 0 bridgehead atoms. The number of rotatable bonds is 9. The zero-order valence-electron chi connectivity index (χ0n) is 46.5. The Balaban J connectivity index is 0.915. The van der Waals surface area contributed by atoms with Crippen LogP contribution >= 0.6 is 0 Å². The minimum absolute atomic E-state index is 0.768. The van der Waals surface area contributed by atoms with Crippen molar-refractivity contribution in [3.8, 4) is 22.5 Å². The van der Waals surface area contributed by atoms with Gasteiger partial charge in [-0.3, -0.25) is 0 Å². The second-order valence-corrected chi connectivity index (χ2v) is 22.4. The molecule has 6 nitrogen and oxygen atoms in total. The van der Waals surface area contributed by atoms with Crippen LogP contribution in [0.1, 0.15) is 0 Å². The molecular weight excluding hydrogens is 1050 g/mol. The minimum atomic E-state index is 0.768. The molecule has 0 spiro atoms. The third-order valence-corrected chi connectivity index (χ3v) is 17.6. The van der Waals surface area contributed by atoms with Crippen LogP contribution in [-0.2, 0) is 0 Å². The Kier molecular flexibility index (Phi) is 10.6. The van der Waals surface area contributed by atoms with Gasteiger partial charge >= 0.3 is 0 Å². The largest absolute Gasteiger partial charge is 0.455 e. The lowest BCUT2D eigenvalue weighted by atomic mass is 9.95. The highest BCUT2D eigenvalue weighted by atomic mass is 16.3. The topological polar surface area (TPSA) is 42.6 Å². The lowest BCUT2D eigenvalue weighted by Crippen LogP contribution is -2.13. The Morgan fingerprint density at radius 2 is 0.756 bits per heavy atom. The van der Waals surface area contributed by atoms with Gasteiger partial charge in [-0.2, -0.15) is 0 Å². The predicted molar refractivity (Wildman–Crippen MR) is 359 cm³/mol. The van der Waals surface area contributed by atoms with Gasteiger partial charge in [0.1, 0.15) is 16.7 Å². The number of benzene rings is 14. The van der Waals surface area contributed by atoms with E-state index in [1.54, 1.807) is 0 Å². The van der Waals surface area contributed by atoms with Gasteiger partial charge in [0.25, 0.3) is 0 Å². The molecule has 18 aromatic rings. The van der Waals surface area contributed by atoms with E-state index in [-0.39, 0.29) is 0 Å². The zero-order chi connectivity index (χ0) is 56.4. The Hall–Kier alpha value is -11.6. The van der Waals surface area contributed by atoms with Gasteiger partial charge in [0.05, 0.1) is 27.8 Å². The molecule has 0 saturated carbocycles. The summed E-state index contributed by atoms with van der Waals surface area (Å²) in [5.74, 6) is 0. The molecule has 18 rings (SSSR count). The van der Waals surface area contributed by atoms with Gasteiger partial charge in [-0.15, -0.1) is 0 Å². The molecule has 0 radical (unpaired) electrons. The average molecular weight is 1100 g/mol. The minimum Gasteiger partial charge on any atom is -0.455 e. The Labute approximate surface area is 494 Å². The van der Waals surface area contributed by atoms with Crippen LogP contribution in [0.25, 0.3) is 132 Å². The maximum absolute atomic E-state index is 7.36. The second-order valence-electron chi connectivity index (χ2n) is 22.4. The maximum atomic E-state index is 7.36. The molecule has 402 valence electrons. The van der Waals surface area contributed by atoms with Gasteiger partial charge in [0.2, 0.25) is 0 Å². The summed E-state index contributed by atoms with van der Waals surface area (Å²) in [5.41, 5.74) is 18.0. The first kappa shape index (κ1) is 48.0. The Morgan fingerprint density at radius 3 is 1.45 bits per heavy atom. The highest BCUT2D eigenvalue weighted by molar-refractivity contribution is 6.31. The summed E-state index contributed by atoms with van der Waals surface area (Å²) < 4.78 is 19.3. The summed E-state index contributed by atoms with van der Waals surface area (Å²) >= 11 is 0. The number of para-hydroxylation sites is 7. The summed E-state index contributed by atoms with van der Waals surface area (Å²) in [5, 5.41) is 13.6. The van der Waals surface area contributed by atoms with Gasteiger partial charge in [0, 0.05) is 93.9 Å². The highest BCUT2D eigenvalue weighted by Gasteiger charge is 2.27. The van der Waals surface area contributed by atoms with Crippen molar-refractivity contribution in [3.05, 3.63) is 303 Å². The van der Waals surface area contributed by atoms with Crippen LogP contribution < -0.4 is 9.80 Å². The SMILES string of the molecule is c1ccc(N(c2cc(N(c3ccccc3)c3ccc4c(c3)c3ccccc3n4-c3ccccc3)c3oc4ccc(-c5cccc6c5oc5c7ccccc7c7ccccc7c65)cc4c3c2)c2ccc3c4ccccc4n(-c4ccccc4)c3c2)cc1. The van der Waals surface area contributed by atoms with E-state index < -0.39 is 0 Å². The summed E-state index contributed by atoms with van der Waals surface area (Å²) in [4.78, 5) is 4.79. The molecule has 0 fully saturated rings. The van der Waals surface area contributed by atoms with Crippen LogP contribution in [0.4, 0.5) is 34.1 Å². The first-order chi connectivity index (χ1) is 42.7. The Bertz CT molecular complexity index is 5720. The molecule has 0 saturated heterocycles. The van der Waals surface area contributed by atoms with Crippen LogP contribution in [0.15, 0.2) is 312 Å². The van der Waals surface area contributed by atoms with Crippen molar-refractivity contribution in [2.45, 2.75) is 0 Å². The molecule has 0 aliphatic carbocycles. The van der Waals surface area contributed by atoms with Gasteiger partial charge < -0.3 is 27.8 Å². The van der Waals surface area contributed by atoms with Crippen molar-refractivity contribution in [1.82, 2.24) is 9.13 Å². The third-order valence-electron chi connectivity index (χ3n) is 17.6. The van der Waals surface area contributed by atoms with Crippen LogP contribution in [0.2, 0.25) is 0 Å². The fraction of sp³-hybridized carbons (Fsp3) is 0. The molecule has 0 aliphatic heterocycles. The van der Waals surface area contributed by atoms with Crippen LogP contribution in [0, 0.1) is 0 Å². The molecule has 0 N–H and O–H groups in total. The normalized spacial score (nSPS) is 12.0. The summed E-state index contributed by atoms with van der Waals surface area (Å²) in [7, 11) is 0. The molecule has 0 atom stereocenters. The van der Waals surface area contributed by atoms with Gasteiger partial charge in [-0.1, -0.05) is 188 Å². The van der Waals surface area contributed by atoms with E-state index in [1.165, 1.54) is 32.3 Å². The van der Waals surface area contributed by atoms with Gasteiger partial charge in [-0.25, -0.2) is 0 Å². The maximum Gasteiger partial charge on any atom is 0.159 e. The molecule has 0 aliphatic rings. The first-order valence-corrected chi connectivity index (χ1v) is 29.3. The Morgan fingerprint density at radius 1 is 0.244 bits per heavy atom. The van der Waals surface area contributed by atoms with Crippen LogP contribution in [-0.4, -0.2) is 9.13 Å². The van der Waals surface area contributed by atoms with Crippen molar-refractivity contribution in [2.75, 3.05) is 9.80 Å². The fourth-order valence-corrected chi connectivity index (χ4v) is 13.9. The fourth-order valence-electron chi connectivity index (χ4n) is 13.9. The number of nitrogens with zero attached hydrogens (tertiary/aromatic N) is 4. The van der Waals surface area contributed by atoms with Gasteiger partial charge in [-0.05, 0) is 137 Å². The van der Waals surface area contributed by atoms with E-state index in [0.29, 0.717) is 0 Å². The first-order valence-electron chi connectivity index (χ1n) is 29.3. The summed E-state index contributed by atoms with van der Waals surface area (Å²) in [6.07, 6.45) is 0. The molecule has 0 amide bonds. The summed E-state index contributed by atoms with van der Waals surface area (Å²) in [6.45, 7) is 0. The molecule has 4 aromatic heterocycles. The number of anilines is 6. The van der Waals surface area contributed by atoms with E-state index in [9.17, 15) is 0 Å². The number of fused-ring (bicyclic) bond motifs is 17. The number of aromatic nitrogens is 2.